The van der Waals surface area contributed by atoms with Crippen LogP contribution in [0.5, 0.6) is 0 Å². The van der Waals surface area contributed by atoms with Crippen molar-refractivity contribution >= 4 is 24.1 Å². The third-order valence-corrected chi connectivity index (χ3v) is 12.4. The molecular formula is C33H50O10. The summed E-state index contributed by atoms with van der Waals surface area (Å²) in [5.41, 5.74) is -5.54. The predicted octanol–water partition coefficient (Wildman–Crippen LogP) is 5.24. The first-order valence-corrected chi connectivity index (χ1v) is 16.1. The van der Waals surface area contributed by atoms with Crippen molar-refractivity contribution < 1.29 is 47.6 Å². The number of rotatable bonds is 12. The second-order valence-electron chi connectivity index (χ2n) is 15.2. The molecule has 0 aromatic heterocycles. The van der Waals surface area contributed by atoms with Crippen LogP contribution in [0.4, 0.5) is 4.79 Å². The van der Waals surface area contributed by atoms with Crippen LogP contribution >= 0.6 is 0 Å². The molecule has 10 heteroatoms. The van der Waals surface area contributed by atoms with Gasteiger partial charge in [0, 0.05) is 0 Å². The van der Waals surface area contributed by atoms with E-state index in [4.69, 9.17) is 28.4 Å². The summed E-state index contributed by atoms with van der Waals surface area (Å²) in [4.78, 5) is 53.9. The van der Waals surface area contributed by atoms with Gasteiger partial charge in [0.1, 0.15) is 25.4 Å². The van der Waals surface area contributed by atoms with Gasteiger partial charge >= 0.3 is 24.1 Å². The smallest absolute Gasteiger partial charge is 0.464 e. The molecule has 0 amide bonds. The minimum absolute atomic E-state index is 0.0337. The highest BCUT2D eigenvalue weighted by molar-refractivity contribution is 5.94. The van der Waals surface area contributed by atoms with Crippen molar-refractivity contribution in [3.63, 3.8) is 0 Å². The fraction of sp³-hybridized carbons (Fsp3) is 0.879. The van der Waals surface area contributed by atoms with Crippen molar-refractivity contribution in [1.29, 1.82) is 0 Å². The SMILES string of the molecule is CCC1(COC(=O)C(C)(C(C)(C)C(=O)OCC2COC(=O)O2)C(C)(C)C(=O)OC2(CC)C3CC4CC(C3)CC2C4)COC1. The van der Waals surface area contributed by atoms with Gasteiger partial charge in [-0.15, -0.1) is 0 Å². The van der Waals surface area contributed by atoms with Crippen LogP contribution in [0.3, 0.4) is 0 Å². The summed E-state index contributed by atoms with van der Waals surface area (Å²) in [6.07, 6.45) is 5.49. The van der Waals surface area contributed by atoms with Crippen LogP contribution in [0.2, 0.25) is 0 Å². The number of esters is 3. The summed E-state index contributed by atoms with van der Waals surface area (Å²) >= 11 is 0. The first kappa shape index (κ1) is 32.0. The average molecular weight is 607 g/mol. The Labute approximate surface area is 255 Å². The molecule has 6 rings (SSSR count). The van der Waals surface area contributed by atoms with Gasteiger partial charge < -0.3 is 28.4 Å². The molecule has 4 bridgehead atoms. The first-order chi connectivity index (χ1) is 20.1. The number of carbonyl (C=O) groups is 4. The zero-order valence-corrected chi connectivity index (χ0v) is 27.0. The average Bonchev–Trinajstić information content (AvgIpc) is 3.36. The van der Waals surface area contributed by atoms with Gasteiger partial charge in [-0.3, -0.25) is 14.4 Å². The predicted molar refractivity (Wildman–Crippen MR) is 154 cm³/mol. The number of carbonyl (C=O) groups excluding carboxylic acids is 4. The third kappa shape index (κ3) is 5.13. The van der Waals surface area contributed by atoms with E-state index in [1.165, 1.54) is 6.42 Å². The number of cyclic esters (lactones) is 2. The maximum atomic E-state index is 14.5. The monoisotopic (exact) mass is 606 g/mol. The topological polar surface area (TPSA) is 124 Å². The second kappa shape index (κ2) is 11.2. The van der Waals surface area contributed by atoms with Crippen molar-refractivity contribution in [2.45, 2.75) is 105 Å². The maximum absolute atomic E-state index is 14.5. The van der Waals surface area contributed by atoms with Crippen LogP contribution in [0.15, 0.2) is 0 Å². The Balaban J connectivity index is 1.42. The molecule has 242 valence electrons. The number of hydrogen-bond donors (Lipinski definition) is 0. The fourth-order valence-electron chi connectivity index (χ4n) is 8.74. The Bertz CT molecular complexity index is 1090. The molecule has 43 heavy (non-hydrogen) atoms. The quantitative estimate of drug-likeness (QED) is 0.215. The van der Waals surface area contributed by atoms with Crippen LogP contribution in [-0.4, -0.2) is 68.8 Å². The van der Waals surface area contributed by atoms with Crippen LogP contribution in [-0.2, 0) is 42.8 Å². The minimum atomic E-state index is -1.68. The van der Waals surface area contributed by atoms with E-state index in [2.05, 4.69) is 6.92 Å². The molecule has 4 aliphatic carbocycles. The highest BCUT2D eigenvalue weighted by atomic mass is 16.8. The third-order valence-electron chi connectivity index (χ3n) is 12.4. The van der Waals surface area contributed by atoms with Crippen molar-refractivity contribution in [2.24, 2.45) is 45.3 Å². The molecule has 6 aliphatic rings. The molecule has 10 nitrogen and oxygen atoms in total. The molecule has 0 aromatic carbocycles. The standard InChI is InChI=1S/C33H50O10/c1-8-32(17-38-18-32)19-41-27(36)31(7,29(3,4)25(34)39-15-24-16-40-28(37)42-24)30(5,6)26(35)43-33(9-2)22-11-20-10-21(13-22)14-23(33)12-20/h20-24H,8-19H2,1-7H3. The van der Waals surface area contributed by atoms with Crippen molar-refractivity contribution in [2.75, 3.05) is 33.0 Å². The molecule has 2 unspecified atom stereocenters. The van der Waals surface area contributed by atoms with Crippen molar-refractivity contribution in [3.05, 3.63) is 0 Å². The van der Waals surface area contributed by atoms with Crippen molar-refractivity contribution in [3.8, 4) is 0 Å². The van der Waals surface area contributed by atoms with Gasteiger partial charge in [0.2, 0.25) is 0 Å². The summed E-state index contributed by atoms with van der Waals surface area (Å²) in [5, 5.41) is 0. The van der Waals surface area contributed by atoms with E-state index < -0.39 is 52.0 Å². The lowest BCUT2D eigenvalue weighted by Crippen LogP contribution is -2.64. The molecule has 2 atom stereocenters. The highest BCUT2D eigenvalue weighted by Crippen LogP contribution is 2.62. The summed E-state index contributed by atoms with van der Waals surface area (Å²) in [6, 6.07) is 0. The van der Waals surface area contributed by atoms with Gasteiger partial charge in [-0.2, -0.15) is 0 Å². The van der Waals surface area contributed by atoms with E-state index >= 15 is 0 Å². The molecule has 2 aliphatic heterocycles. The maximum Gasteiger partial charge on any atom is 0.508 e. The molecular weight excluding hydrogens is 556 g/mol. The van der Waals surface area contributed by atoms with Crippen LogP contribution in [0, 0.1) is 45.3 Å². The zero-order chi connectivity index (χ0) is 31.4. The molecule has 2 saturated heterocycles. The first-order valence-electron chi connectivity index (χ1n) is 16.1. The lowest BCUT2D eigenvalue weighted by molar-refractivity contribution is -0.232. The molecule has 0 radical (unpaired) electrons. The Hall–Kier alpha value is -2.36. The molecule has 0 aromatic rings. The zero-order valence-electron chi connectivity index (χ0n) is 27.0. The van der Waals surface area contributed by atoms with Crippen LogP contribution in [0.25, 0.3) is 0 Å². The largest absolute Gasteiger partial charge is 0.508 e. The minimum Gasteiger partial charge on any atom is -0.464 e. The number of hydrogen-bond acceptors (Lipinski definition) is 10. The van der Waals surface area contributed by atoms with E-state index in [1.807, 2.05) is 6.92 Å². The number of ether oxygens (including phenoxy) is 6. The van der Waals surface area contributed by atoms with Crippen LogP contribution in [0.1, 0.15) is 93.4 Å². The fourth-order valence-corrected chi connectivity index (χ4v) is 8.74. The second-order valence-corrected chi connectivity index (χ2v) is 15.2. The van der Waals surface area contributed by atoms with E-state index in [0.29, 0.717) is 36.9 Å². The molecule has 0 N–H and O–H groups in total. The normalized spacial score (nSPS) is 33.9. The van der Waals surface area contributed by atoms with Crippen molar-refractivity contribution in [1.82, 2.24) is 0 Å². The summed E-state index contributed by atoms with van der Waals surface area (Å²) in [5.74, 6) is 0.142. The van der Waals surface area contributed by atoms with Gasteiger partial charge in [-0.1, -0.05) is 13.8 Å². The van der Waals surface area contributed by atoms with Gasteiger partial charge in [0.15, 0.2) is 6.10 Å². The van der Waals surface area contributed by atoms with Gasteiger partial charge in [-0.05, 0) is 103 Å². The van der Waals surface area contributed by atoms with Gasteiger partial charge in [-0.25, -0.2) is 4.79 Å². The summed E-state index contributed by atoms with van der Waals surface area (Å²) in [7, 11) is 0. The Morgan fingerprint density at radius 2 is 1.40 bits per heavy atom. The van der Waals surface area contributed by atoms with E-state index in [-0.39, 0.29) is 25.2 Å². The Kier molecular flexibility index (Phi) is 8.36. The van der Waals surface area contributed by atoms with E-state index in [0.717, 1.165) is 38.5 Å². The van der Waals surface area contributed by atoms with Gasteiger partial charge in [0.25, 0.3) is 0 Å². The summed E-state index contributed by atoms with van der Waals surface area (Å²) < 4.78 is 33.5. The van der Waals surface area contributed by atoms with Crippen LogP contribution < -0.4 is 0 Å². The van der Waals surface area contributed by atoms with E-state index in [9.17, 15) is 19.2 Å². The highest BCUT2D eigenvalue weighted by Gasteiger charge is 2.67. The Morgan fingerprint density at radius 3 is 1.86 bits per heavy atom. The molecule has 4 saturated carbocycles. The molecule has 6 fully saturated rings. The lowest BCUT2D eigenvalue weighted by atomic mass is 9.49. The summed E-state index contributed by atoms with van der Waals surface area (Å²) in [6.45, 7) is 13.1. The molecule has 0 spiro atoms. The Morgan fingerprint density at radius 1 is 0.814 bits per heavy atom. The van der Waals surface area contributed by atoms with Gasteiger partial charge in [0.05, 0.1) is 34.9 Å². The van der Waals surface area contributed by atoms with E-state index in [1.54, 1.807) is 34.6 Å². The molecule has 2 heterocycles. The lowest BCUT2D eigenvalue weighted by Gasteiger charge is -2.61.